The Hall–Kier alpha value is -0.0400. The topological polar surface area (TPSA) is 12.0 Å². The largest absolute Gasteiger partial charge is 0.314 e. The van der Waals surface area contributed by atoms with Crippen LogP contribution in [-0.4, -0.2) is 12.6 Å². The molecule has 1 aliphatic carbocycles. The van der Waals surface area contributed by atoms with Gasteiger partial charge in [0.2, 0.25) is 0 Å². The smallest absolute Gasteiger partial charge is 0.00977 e. The number of hydrogen-bond donors (Lipinski definition) is 1. The van der Waals surface area contributed by atoms with Gasteiger partial charge in [-0.3, -0.25) is 0 Å². The van der Waals surface area contributed by atoms with E-state index in [2.05, 4.69) is 39.9 Å². The van der Waals surface area contributed by atoms with Crippen molar-refractivity contribution >= 4 is 0 Å². The molecule has 0 saturated heterocycles. The van der Waals surface area contributed by atoms with E-state index in [1.54, 1.807) is 0 Å². The Morgan fingerprint density at radius 3 is 2.24 bits per heavy atom. The highest BCUT2D eigenvalue weighted by Gasteiger charge is 2.31. The molecule has 0 aromatic carbocycles. The standard InChI is InChI=1S/C16H33N/c1-6-11-17-15(12-13(2)3)14-7-9-16(4,5)10-8-14/h13-15,17H,6-12H2,1-5H3. The first-order chi connectivity index (χ1) is 7.94. The maximum atomic E-state index is 3.80. The molecule has 1 nitrogen and oxygen atoms in total. The van der Waals surface area contributed by atoms with Gasteiger partial charge in [-0.25, -0.2) is 0 Å². The van der Waals surface area contributed by atoms with Gasteiger partial charge in [0.15, 0.2) is 0 Å². The van der Waals surface area contributed by atoms with Crippen LogP contribution in [0.15, 0.2) is 0 Å². The molecule has 1 unspecified atom stereocenters. The van der Waals surface area contributed by atoms with E-state index < -0.39 is 0 Å². The van der Waals surface area contributed by atoms with Crippen molar-refractivity contribution in [2.45, 2.75) is 79.2 Å². The molecule has 1 rings (SSSR count). The van der Waals surface area contributed by atoms with E-state index in [1.165, 1.54) is 45.1 Å². The number of hydrogen-bond acceptors (Lipinski definition) is 1. The second-order valence-electron chi connectivity index (χ2n) is 7.19. The third kappa shape index (κ3) is 5.42. The minimum Gasteiger partial charge on any atom is -0.314 e. The molecule has 0 radical (unpaired) electrons. The summed E-state index contributed by atoms with van der Waals surface area (Å²) < 4.78 is 0. The highest BCUT2D eigenvalue weighted by Crippen LogP contribution is 2.40. The van der Waals surface area contributed by atoms with E-state index in [0.29, 0.717) is 5.41 Å². The van der Waals surface area contributed by atoms with Crippen LogP contribution in [0.4, 0.5) is 0 Å². The third-order valence-electron chi connectivity index (χ3n) is 4.33. The first-order valence-electron chi connectivity index (χ1n) is 7.68. The summed E-state index contributed by atoms with van der Waals surface area (Å²) in [7, 11) is 0. The van der Waals surface area contributed by atoms with E-state index in [9.17, 15) is 0 Å². The first-order valence-corrected chi connectivity index (χ1v) is 7.68. The van der Waals surface area contributed by atoms with Gasteiger partial charge in [0.1, 0.15) is 0 Å². The lowest BCUT2D eigenvalue weighted by molar-refractivity contribution is 0.152. The lowest BCUT2D eigenvalue weighted by atomic mass is 9.70. The summed E-state index contributed by atoms with van der Waals surface area (Å²) in [5.74, 6) is 1.75. The highest BCUT2D eigenvalue weighted by atomic mass is 14.9. The van der Waals surface area contributed by atoms with Crippen LogP contribution < -0.4 is 5.32 Å². The normalized spacial score (nSPS) is 22.9. The van der Waals surface area contributed by atoms with Crippen LogP contribution in [0.25, 0.3) is 0 Å². The Labute approximate surface area is 109 Å². The average molecular weight is 239 g/mol. The highest BCUT2D eigenvalue weighted by molar-refractivity contribution is 4.85. The molecule has 0 aromatic heterocycles. The summed E-state index contributed by atoms with van der Waals surface area (Å²) in [5, 5.41) is 3.80. The quantitative estimate of drug-likeness (QED) is 0.713. The average Bonchev–Trinajstić information content (AvgIpc) is 2.24. The maximum absolute atomic E-state index is 3.80. The van der Waals surface area contributed by atoms with Crippen molar-refractivity contribution in [2.75, 3.05) is 6.54 Å². The molecule has 1 N–H and O–H groups in total. The van der Waals surface area contributed by atoms with Crippen LogP contribution in [0.1, 0.15) is 73.1 Å². The lowest BCUT2D eigenvalue weighted by Gasteiger charge is -2.39. The molecule has 1 fully saturated rings. The van der Waals surface area contributed by atoms with E-state index >= 15 is 0 Å². The van der Waals surface area contributed by atoms with E-state index in [4.69, 9.17) is 0 Å². The Balaban J connectivity index is 2.46. The molecule has 0 heterocycles. The zero-order valence-electron chi connectivity index (χ0n) is 12.7. The summed E-state index contributed by atoms with van der Waals surface area (Å²) in [6.07, 6.45) is 8.31. The molecule has 1 saturated carbocycles. The van der Waals surface area contributed by atoms with Crippen LogP contribution in [0.3, 0.4) is 0 Å². The van der Waals surface area contributed by atoms with Crippen LogP contribution >= 0.6 is 0 Å². The van der Waals surface area contributed by atoms with Gasteiger partial charge >= 0.3 is 0 Å². The number of nitrogens with one attached hydrogen (secondary N) is 1. The van der Waals surface area contributed by atoms with Gasteiger partial charge in [0.25, 0.3) is 0 Å². The lowest BCUT2D eigenvalue weighted by Crippen LogP contribution is -2.40. The fourth-order valence-electron chi connectivity index (χ4n) is 3.10. The molecular weight excluding hydrogens is 206 g/mol. The van der Waals surface area contributed by atoms with Crippen molar-refractivity contribution in [2.24, 2.45) is 17.3 Å². The molecule has 0 bridgehead atoms. The first kappa shape index (κ1) is 15.0. The molecule has 1 atom stereocenters. The van der Waals surface area contributed by atoms with Crippen molar-refractivity contribution in [1.29, 1.82) is 0 Å². The van der Waals surface area contributed by atoms with Crippen LogP contribution in [0, 0.1) is 17.3 Å². The maximum Gasteiger partial charge on any atom is 0.00977 e. The second-order valence-corrected chi connectivity index (χ2v) is 7.19. The van der Waals surface area contributed by atoms with Gasteiger partial charge in [0.05, 0.1) is 0 Å². The van der Waals surface area contributed by atoms with Crippen molar-refractivity contribution in [1.82, 2.24) is 5.32 Å². The van der Waals surface area contributed by atoms with Crippen molar-refractivity contribution in [3.63, 3.8) is 0 Å². The molecule has 0 spiro atoms. The molecule has 1 heteroatoms. The molecule has 17 heavy (non-hydrogen) atoms. The molecule has 0 amide bonds. The minimum atomic E-state index is 0.601. The zero-order valence-corrected chi connectivity index (χ0v) is 12.7. The summed E-state index contributed by atoms with van der Waals surface area (Å²) in [6, 6.07) is 0.769. The molecule has 1 aliphatic rings. The van der Waals surface area contributed by atoms with Gasteiger partial charge in [-0.05, 0) is 62.3 Å². The predicted octanol–water partition coefficient (Wildman–Crippen LogP) is 4.62. The fraction of sp³-hybridized carbons (Fsp3) is 1.00. The van der Waals surface area contributed by atoms with Gasteiger partial charge in [-0.1, -0.05) is 34.6 Å². The Morgan fingerprint density at radius 2 is 1.76 bits per heavy atom. The molecule has 0 aliphatic heterocycles. The van der Waals surface area contributed by atoms with E-state index in [1.807, 2.05) is 0 Å². The summed E-state index contributed by atoms with van der Waals surface area (Å²) in [5.41, 5.74) is 0.601. The number of rotatable bonds is 6. The van der Waals surface area contributed by atoms with E-state index in [-0.39, 0.29) is 0 Å². The summed E-state index contributed by atoms with van der Waals surface area (Å²) >= 11 is 0. The Bertz CT molecular complexity index is 198. The van der Waals surface area contributed by atoms with Crippen LogP contribution in [0.2, 0.25) is 0 Å². The van der Waals surface area contributed by atoms with Gasteiger partial charge in [0, 0.05) is 6.04 Å². The van der Waals surface area contributed by atoms with Crippen LogP contribution in [-0.2, 0) is 0 Å². The van der Waals surface area contributed by atoms with Crippen molar-refractivity contribution in [3.05, 3.63) is 0 Å². The SMILES string of the molecule is CCCNC(CC(C)C)C1CCC(C)(C)CC1. The fourth-order valence-corrected chi connectivity index (χ4v) is 3.10. The van der Waals surface area contributed by atoms with Gasteiger partial charge in [-0.2, -0.15) is 0 Å². The van der Waals surface area contributed by atoms with E-state index in [0.717, 1.165) is 17.9 Å². The second kappa shape index (κ2) is 6.78. The van der Waals surface area contributed by atoms with Gasteiger partial charge < -0.3 is 5.32 Å². The van der Waals surface area contributed by atoms with Gasteiger partial charge in [-0.15, -0.1) is 0 Å². The van der Waals surface area contributed by atoms with Crippen LogP contribution in [0.5, 0.6) is 0 Å². The summed E-state index contributed by atoms with van der Waals surface area (Å²) in [6.45, 7) is 13.0. The van der Waals surface area contributed by atoms with Crippen molar-refractivity contribution in [3.8, 4) is 0 Å². The van der Waals surface area contributed by atoms with Crippen molar-refractivity contribution < 1.29 is 0 Å². The third-order valence-corrected chi connectivity index (χ3v) is 4.33. The molecular formula is C16H33N. The zero-order chi connectivity index (χ0) is 12.9. The molecule has 0 aromatic rings. The predicted molar refractivity (Wildman–Crippen MR) is 77.3 cm³/mol. The molecule has 102 valence electrons. The summed E-state index contributed by atoms with van der Waals surface area (Å²) in [4.78, 5) is 0. The Kier molecular flexibility index (Phi) is 5.99. The minimum absolute atomic E-state index is 0.601. The Morgan fingerprint density at radius 1 is 1.18 bits per heavy atom. The monoisotopic (exact) mass is 239 g/mol.